The van der Waals surface area contributed by atoms with Gasteiger partial charge in [0, 0.05) is 6.54 Å². The van der Waals surface area contributed by atoms with E-state index >= 15 is 0 Å². The molecular formula is C10H13Cl2N3O. The molecule has 1 aliphatic rings. The normalized spacial score (nSPS) is 25.9. The molecule has 0 radical (unpaired) electrons. The van der Waals surface area contributed by atoms with Crippen molar-refractivity contribution in [1.29, 1.82) is 0 Å². The Morgan fingerprint density at radius 3 is 2.94 bits per heavy atom. The topological polar surface area (TPSA) is 38.2 Å². The van der Waals surface area contributed by atoms with Crippen LogP contribution in [-0.4, -0.2) is 35.3 Å². The van der Waals surface area contributed by atoms with E-state index in [4.69, 9.17) is 27.9 Å². The van der Waals surface area contributed by atoms with Crippen LogP contribution in [0.2, 0.25) is 10.3 Å². The molecule has 0 saturated carbocycles. The van der Waals surface area contributed by atoms with Gasteiger partial charge in [-0.15, -0.1) is 0 Å². The molecule has 0 amide bonds. The quantitative estimate of drug-likeness (QED) is 0.728. The second kappa shape index (κ2) is 4.73. The number of rotatable bonds is 1. The molecule has 6 heteroatoms. The molecule has 2 heterocycles. The van der Waals surface area contributed by atoms with Gasteiger partial charge in [-0.25, -0.2) is 4.98 Å². The Hall–Kier alpha value is -0.580. The smallest absolute Gasteiger partial charge is 0.224 e. The van der Waals surface area contributed by atoms with Gasteiger partial charge in [-0.1, -0.05) is 11.6 Å². The van der Waals surface area contributed by atoms with Gasteiger partial charge in [0.2, 0.25) is 5.28 Å². The highest BCUT2D eigenvalue weighted by atomic mass is 35.5. The standard InChI is InChI=1S/C10H13Cl2N3O/c1-6-5-16-7(2)4-15(6)9-8(11)3-13-10(12)14-9/h3,6-7H,4-5H2,1-2H3. The van der Waals surface area contributed by atoms with E-state index in [9.17, 15) is 0 Å². The largest absolute Gasteiger partial charge is 0.375 e. The molecule has 2 rings (SSSR count). The molecule has 88 valence electrons. The van der Waals surface area contributed by atoms with Gasteiger partial charge in [-0.2, -0.15) is 4.98 Å². The summed E-state index contributed by atoms with van der Waals surface area (Å²) in [6.45, 7) is 5.52. The maximum Gasteiger partial charge on any atom is 0.224 e. The third-order valence-electron chi connectivity index (χ3n) is 2.58. The van der Waals surface area contributed by atoms with Crippen molar-refractivity contribution in [2.24, 2.45) is 0 Å². The van der Waals surface area contributed by atoms with Crippen molar-refractivity contribution in [1.82, 2.24) is 9.97 Å². The fourth-order valence-electron chi connectivity index (χ4n) is 1.74. The van der Waals surface area contributed by atoms with E-state index in [0.717, 1.165) is 6.54 Å². The lowest BCUT2D eigenvalue weighted by Crippen LogP contribution is -2.48. The number of ether oxygens (including phenoxy) is 1. The number of morpholine rings is 1. The summed E-state index contributed by atoms with van der Waals surface area (Å²) in [5.41, 5.74) is 0. The van der Waals surface area contributed by atoms with Crippen LogP contribution < -0.4 is 4.90 Å². The second-order valence-corrected chi connectivity index (χ2v) is 4.70. The summed E-state index contributed by atoms with van der Waals surface area (Å²) in [6.07, 6.45) is 1.69. The Morgan fingerprint density at radius 1 is 1.44 bits per heavy atom. The Kier molecular flexibility index (Phi) is 3.52. The molecule has 2 atom stereocenters. The van der Waals surface area contributed by atoms with Gasteiger partial charge in [0.05, 0.1) is 24.9 Å². The first-order valence-corrected chi connectivity index (χ1v) is 5.90. The van der Waals surface area contributed by atoms with Crippen molar-refractivity contribution in [3.63, 3.8) is 0 Å². The van der Waals surface area contributed by atoms with Gasteiger partial charge < -0.3 is 9.64 Å². The molecule has 1 aromatic rings. The molecule has 4 nitrogen and oxygen atoms in total. The highest BCUT2D eigenvalue weighted by molar-refractivity contribution is 6.33. The molecule has 0 spiro atoms. The zero-order valence-electron chi connectivity index (χ0n) is 9.15. The average molecular weight is 262 g/mol. The third-order valence-corrected chi connectivity index (χ3v) is 3.02. The van der Waals surface area contributed by atoms with Crippen LogP contribution in [0.3, 0.4) is 0 Å². The molecule has 0 aliphatic carbocycles. The molecule has 16 heavy (non-hydrogen) atoms. The number of halogens is 2. The van der Waals surface area contributed by atoms with E-state index < -0.39 is 0 Å². The van der Waals surface area contributed by atoms with Crippen molar-refractivity contribution in [2.75, 3.05) is 18.1 Å². The molecular weight excluding hydrogens is 249 g/mol. The number of hydrogen-bond donors (Lipinski definition) is 0. The van der Waals surface area contributed by atoms with Crippen LogP contribution in [0, 0.1) is 0 Å². The number of aromatic nitrogens is 2. The van der Waals surface area contributed by atoms with Crippen LogP contribution in [0.4, 0.5) is 5.82 Å². The Bertz CT molecular complexity index is 388. The van der Waals surface area contributed by atoms with Crippen molar-refractivity contribution < 1.29 is 4.74 Å². The maximum absolute atomic E-state index is 6.08. The minimum atomic E-state index is 0.168. The number of hydrogen-bond acceptors (Lipinski definition) is 4. The summed E-state index contributed by atoms with van der Waals surface area (Å²) in [5.74, 6) is 0.685. The monoisotopic (exact) mass is 261 g/mol. The van der Waals surface area contributed by atoms with E-state index in [2.05, 4.69) is 21.8 Å². The summed E-state index contributed by atoms with van der Waals surface area (Å²) in [5, 5.41) is 0.732. The molecule has 1 fully saturated rings. The van der Waals surface area contributed by atoms with Crippen LogP contribution in [0.1, 0.15) is 13.8 Å². The third kappa shape index (κ3) is 2.39. The van der Waals surface area contributed by atoms with Crippen molar-refractivity contribution >= 4 is 29.0 Å². The zero-order chi connectivity index (χ0) is 11.7. The van der Waals surface area contributed by atoms with Crippen molar-refractivity contribution in [3.8, 4) is 0 Å². The van der Waals surface area contributed by atoms with Gasteiger partial charge >= 0.3 is 0 Å². The Labute approximate surface area is 105 Å². The fraction of sp³-hybridized carbons (Fsp3) is 0.600. The first-order valence-electron chi connectivity index (χ1n) is 5.14. The Morgan fingerprint density at radius 2 is 2.19 bits per heavy atom. The number of nitrogens with zero attached hydrogens (tertiary/aromatic N) is 3. The van der Waals surface area contributed by atoms with E-state index in [0.29, 0.717) is 17.4 Å². The molecule has 0 N–H and O–H groups in total. The van der Waals surface area contributed by atoms with Gasteiger partial charge in [0.1, 0.15) is 5.02 Å². The Balaban J connectivity index is 2.30. The average Bonchev–Trinajstić information content (AvgIpc) is 2.25. The molecule has 1 saturated heterocycles. The minimum absolute atomic E-state index is 0.168. The van der Waals surface area contributed by atoms with Gasteiger partial charge in [0.15, 0.2) is 5.82 Å². The molecule has 2 unspecified atom stereocenters. The van der Waals surface area contributed by atoms with Crippen LogP contribution in [-0.2, 0) is 4.74 Å². The van der Waals surface area contributed by atoms with Crippen LogP contribution in [0.25, 0.3) is 0 Å². The SMILES string of the molecule is CC1CN(c2nc(Cl)ncc2Cl)C(C)CO1. The number of anilines is 1. The van der Waals surface area contributed by atoms with Gasteiger partial charge in [-0.05, 0) is 25.4 Å². The highest BCUT2D eigenvalue weighted by Gasteiger charge is 2.26. The molecule has 0 aromatic carbocycles. The van der Waals surface area contributed by atoms with E-state index in [1.807, 2.05) is 6.92 Å². The first kappa shape index (κ1) is 11.9. The van der Waals surface area contributed by atoms with Crippen LogP contribution in [0.15, 0.2) is 6.20 Å². The summed E-state index contributed by atoms with van der Waals surface area (Å²) < 4.78 is 5.55. The second-order valence-electron chi connectivity index (χ2n) is 3.96. The minimum Gasteiger partial charge on any atom is -0.375 e. The summed E-state index contributed by atoms with van der Waals surface area (Å²) >= 11 is 11.9. The van der Waals surface area contributed by atoms with Gasteiger partial charge in [0.25, 0.3) is 0 Å². The van der Waals surface area contributed by atoms with Crippen molar-refractivity contribution in [2.45, 2.75) is 26.0 Å². The van der Waals surface area contributed by atoms with Crippen LogP contribution in [0.5, 0.6) is 0 Å². The molecule has 1 aromatic heterocycles. The molecule has 0 bridgehead atoms. The van der Waals surface area contributed by atoms with Crippen molar-refractivity contribution in [3.05, 3.63) is 16.5 Å². The lowest BCUT2D eigenvalue weighted by atomic mass is 10.2. The molecule has 1 aliphatic heterocycles. The lowest BCUT2D eigenvalue weighted by molar-refractivity contribution is 0.0340. The first-order chi connectivity index (χ1) is 7.58. The zero-order valence-corrected chi connectivity index (χ0v) is 10.7. The summed E-state index contributed by atoms with van der Waals surface area (Å²) in [4.78, 5) is 10.1. The maximum atomic E-state index is 6.08. The van der Waals surface area contributed by atoms with E-state index in [-0.39, 0.29) is 17.4 Å². The van der Waals surface area contributed by atoms with Crippen LogP contribution >= 0.6 is 23.2 Å². The predicted molar refractivity (Wildman–Crippen MR) is 64.3 cm³/mol. The van der Waals surface area contributed by atoms with E-state index in [1.165, 1.54) is 6.20 Å². The van der Waals surface area contributed by atoms with E-state index in [1.54, 1.807) is 0 Å². The fourth-order valence-corrected chi connectivity index (χ4v) is 2.07. The summed E-state index contributed by atoms with van der Waals surface area (Å²) in [6, 6.07) is 0.236. The predicted octanol–water partition coefficient (Wildman–Crippen LogP) is 2.40. The highest BCUT2D eigenvalue weighted by Crippen LogP contribution is 2.27. The lowest BCUT2D eigenvalue weighted by Gasteiger charge is -2.37. The van der Waals surface area contributed by atoms with Gasteiger partial charge in [-0.3, -0.25) is 0 Å². The summed E-state index contributed by atoms with van der Waals surface area (Å²) in [7, 11) is 0.